The average molecular weight is 498 g/mol. The number of aryl methyl sites for hydroxylation is 1. The smallest absolute Gasteiger partial charge is 0.416 e. The van der Waals surface area contributed by atoms with Gasteiger partial charge in [-0.2, -0.15) is 13.2 Å². The minimum absolute atomic E-state index is 0.180. The number of benzene rings is 1. The standard InChI is InChI=1S/C24H34F3N5O3/c1-4-35-21(33)7-5-13-32-22(29-30-31-32)23(2,12-6-14-34-3)28-20-15-18(16-20)17-8-10-19(11-9-17)24(25,26)27/h8-11,18,20,28H,4-7,12-16H2,1-3H3. The van der Waals surface area contributed by atoms with E-state index in [9.17, 15) is 18.0 Å². The largest absolute Gasteiger partial charge is 0.466 e. The van der Waals surface area contributed by atoms with E-state index in [1.807, 2.05) is 0 Å². The third-order valence-electron chi connectivity index (χ3n) is 6.48. The van der Waals surface area contributed by atoms with Gasteiger partial charge in [0, 0.05) is 32.7 Å². The summed E-state index contributed by atoms with van der Waals surface area (Å²) in [6, 6.07) is 5.63. The van der Waals surface area contributed by atoms with Crippen molar-refractivity contribution in [3.8, 4) is 0 Å². The minimum Gasteiger partial charge on any atom is -0.466 e. The number of carbonyl (C=O) groups is 1. The van der Waals surface area contributed by atoms with Gasteiger partial charge in [0.15, 0.2) is 5.82 Å². The maximum absolute atomic E-state index is 12.9. The molecule has 1 N–H and O–H groups in total. The highest BCUT2D eigenvalue weighted by Crippen LogP contribution is 2.40. The first-order valence-corrected chi connectivity index (χ1v) is 12.0. The molecule has 2 aromatic rings. The number of hydrogen-bond donors (Lipinski definition) is 1. The van der Waals surface area contributed by atoms with Crippen molar-refractivity contribution < 1.29 is 27.4 Å². The quantitative estimate of drug-likeness (QED) is 0.327. The van der Waals surface area contributed by atoms with Crippen molar-refractivity contribution >= 4 is 5.97 Å². The van der Waals surface area contributed by atoms with Crippen LogP contribution in [0.5, 0.6) is 0 Å². The fraction of sp³-hybridized carbons (Fsp3) is 0.667. The molecule has 0 aliphatic heterocycles. The number of esters is 1. The fourth-order valence-corrected chi connectivity index (χ4v) is 4.58. The summed E-state index contributed by atoms with van der Waals surface area (Å²) in [6.45, 7) is 5.27. The molecular weight excluding hydrogens is 463 g/mol. The molecule has 1 atom stereocenters. The van der Waals surface area contributed by atoms with E-state index in [0.29, 0.717) is 38.4 Å². The first kappa shape index (κ1) is 27.1. The highest BCUT2D eigenvalue weighted by Gasteiger charge is 2.39. The maximum Gasteiger partial charge on any atom is 0.416 e. The number of nitrogens with zero attached hydrogens (tertiary/aromatic N) is 4. The lowest BCUT2D eigenvalue weighted by molar-refractivity contribution is -0.143. The molecule has 1 heterocycles. The number of ether oxygens (including phenoxy) is 2. The van der Waals surface area contributed by atoms with Crippen LogP contribution in [0.2, 0.25) is 0 Å². The molecule has 1 fully saturated rings. The Labute approximate surface area is 203 Å². The second-order valence-electron chi connectivity index (χ2n) is 9.19. The molecule has 194 valence electrons. The lowest BCUT2D eigenvalue weighted by Crippen LogP contribution is -2.52. The number of methoxy groups -OCH3 is 1. The van der Waals surface area contributed by atoms with E-state index in [-0.39, 0.29) is 17.9 Å². The average Bonchev–Trinajstić information content (AvgIpc) is 3.25. The van der Waals surface area contributed by atoms with Crippen molar-refractivity contribution in [1.29, 1.82) is 0 Å². The third-order valence-corrected chi connectivity index (χ3v) is 6.48. The molecule has 0 spiro atoms. The van der Waals surface area contributed by atoms with Crippen LogP contribution < -0.4 is 5.32 Å². The SMILES string of the molecule is CCOC(=O)CCCn1nnnc1C(C)(CCCOC)NC1CC(c2ccc(C(F)(F)F)cc2)C1. The normalized spacial score (nSPS) is 19.7. The molecule has 0 bridgehead atoms. The van der Waals surface area contributed by atoms with E-state index >= 15 is 0 Å². The number of tetrazole rings is 1. The molecular formula is C24H34F3N5O3. The van der Waals surface area contributed by atoms with E-state index in [4.69, 9.17) is 9.47 Å². The first-order valence-electron chi connectivity index (χ1n) is 12.0. The Morgan fingerprint density at radius 2 is 1.91 bits per heavy atom. The number of hydrogen-bond acceptors (Lipinski definition) is 7. The highest BCUT2D eigenvalue weighted by molar-refractivity contribution is 5.69. The Kier molecular flexibility index (Phi) is 9.23. The molecule has 0 amide bonds. The van der Waals surface area contributed by atoms with Gasteiger partial charge in [-0.05, 0) is 80.0 Å². The molecule has 1 unspecified atom stereocenters. The van der Waals surface area contributed by atoms with E-state index in [0.717, 1.165) is 43.4 Å². The highest BCUT2D eigenvalue weighted by atomic mass is 19.4. The van der Waals surface area contributed by atoms with Crippen molar-refractivity contribution in [2.24, 2.45) is 0 Å². The van der Waals surface area contributed by atoms with E-state index in [2.05, 4.69) is 27.8 Å². The summed E-state index contributed by atoms with van der Waals surface area (Å²) >= 11 is 0. The maximum atomic E-state index is 12.9. The summed E-state index contributed by atoms with van der Waals surface area (Å²) in [4.78, 5) is 11.7. The predicted octanol–water partition coefficient (Wildman–Crippen LogP) is 4.21. The monoisotopic (exact) mass is 497 g/mol. The van der Waals surface area contributed by atoms with Gasteiger partial charge in [0.2, 0.25) is 0 Å². The zero-order valence-electron chi connectivity index (χ0n) is 20.5. The summed E-state index contributed by atoms with van der Waals surface area (Å²) in [5, 5.41) is 16.0. The van der Waals surface area contributed by atoms with Crippen LogP contribution in [0.15, 0.2) is 24.3 Å². The van der Waals surface area contributed by atoms with Crippen LogP contribution in [0.1, 0.15) is 75.2 Å². The summed E-state index contributed by atoms with van der Waals surface area (Å²) in [5.74, 6) is 0.654. The topological polar surface area (TPSA) is 91.2 Å². The predicted molar refractivity (Wildman–Crippen MR) is 122 cm³/mol. The second kappa shape index (κ2) is 11.9. The summed E-state index contributed by atoms with van der Waals surface area (Å²) in [6.07, 6.45) is -0.314. The van der Waals surface area contributed by atoms with Gasteiger partial charge in [-0.3, -0.25) is 4.79 Å². The molecule has 0 saturated heterocycles. The van der Waals surface area contributed by atoms with Crippen molar-refractivity contribution in [2.45, 2.75) is 82.6 Å². The van der Waals surface area contributed by atoms with Crippen LogP contribution in [-0.4, -0.2) is 52.5 Å². The Morgan fingerprint density at radius 3 is 2.54 bits per heavy atom. The first-order chi connectivity index (χ1) is 16.7. The van der Waals surface area contributed by atoms with Crippen LogP contribution >= 0.6 is 0 Å². The second-order valence-corrected chi connectivity index (χ2v) is 9.19. The van der Waals surface area contributed by atoms with Crippen LogP contribution in [0.4, 0.5) is 13.2 Å². The summed E-state index contributed by atoms with van der Waals surface area (Å²) in [7, 11) is 1.66. The molecule has 11 heteroatoms. The Balaban J connectivity index is 1.63. The molecule has 1 aromatic carbocycles. The zero-order valence-corrected chi connectivity index (χ0v) is 20.5. The van der Waals surface area contributed by atoms with Crippen LogP contribution in [-0.2, 0) is 32.5 Å². The van der Waals surface area contributed by atoms with Gasteiger partial charge in [-0.25, -0.2) is 4.68 Å². The van der Waals surface area contributed by atoms with Gasteiger partial charge >= 0.3 is 12.1 Å². The van der Waals surface area contributed by atoms with Crippen LogP contribution in [0.25, 0.3) is 0 Å². The van der Waals surface area contributed by atoms with Gasteiger partial charge < -0.3 is 14.8 Å². The Bertz CT molecular complexity index is 945. The number of alkyl halides is 3. The third kappa shape index (κ3) is 7.23. The molecule has 1 saturated carbocycles. The number of aromatic nitrogens is 4. The summed E-state index contributed by atoms with van der Waals surface area (Å²) < 4.78 is 50.5. The number of nitrogens with one attached hydrogen (secondary N) is 1. The number of halogens is 3. The molecule has 8 nitrogen and oxygen atoms in total. The van der Waals surface area contributed by atoms with Gasteiger partial charge in [0.1, 0.15) is 0 Å². The summed E-state index contributed by atoms with van der Waals surface area (Å²) in [5.41, 5.74) is -0.237. The van der Waals surface area contributed by atoms with Crippen LogP contribution in [0.3, 0.4) is 0 Å². The fourth-order valence-electron chi connectivity index (χ4n) is 4.58. The van der Waals surface area contributed by atoms with Crippen molar-refractivity contribution in [3.63, 3.8) is 0 Å². The molecule has 0 radical (unpaired) electrons. The lowest BCUT2D eigenvalue weighted by atomic mass is 9.74. The number of carbonyl (C=O) groups excluding carboxylic acids is 1. The molecule has 3 rings (SSSR count). The van der Waals surface area contributed by atoms with Gasteiger partial charge in [0.05, 0.1) is 17.7 Å². The lowest BCUT2D eigenvalue weighted by Gasteiger charge is -2.42. The Morgan fingerprint density at radius 1 is 1.20 bits per heavy atom. The van der Waals surface area contributed by atoms with Crippen molar-refractivity contribution in [2.75, 3.05) is 20.3 Å². The molecule has 35 heavy (non-hydrogen) atoms. The van der Waals surface area contributed by atoms with Gasteiger partial charge in [0.25, 0.3) is 0 Å². The molecule has 1 aliphatic rings. The minimum atomic E-state index is -4.33. The molecule has 1 aliphatic carbocycles. The Hall–Kier alpha value is -2.53. The van der Waals surface area contributed by atoms with E-state index in [1.54, 1.807) is 30.8 Å². The molecule has 1 aromatic heterocycles. The van der Waals surface area contributed by atoms with E-state index in [1.165, 1.54) is 0 Å². The van der Waals surface area contributed by atoms with Gasteiger partial charge in [-0.1, -0.05) is 12.1 Å². The number of rotatable bonds is 13. The van der Waals surface area contributed by atoms with E-state index < -0.39 is 17.3 Å². The van der Waals surface area contributed by atoms with Gasteiger partial charge in [-0.15, -0.1) is 5.10 Å². The van der Waals surface area contributed by atoms with Crippen molar-refractivity contribution in [3.05, 3.63) is 41.2 Å². The van der Waals surface area contributed by atoms with Crippen molar-refractivity contribution in [1.82, 2.24) is 25.5 Å². The van der Waals surface area contributed by atoms with Crippen LogP contribution in [0, 0.1) is 0 Å². The zero-order chi connectivity index (χ0) is 25.5.